The van der Waals surface area contributed by atoms with Gasteiger partial charge in [-0.05, 0) is 44.5 Å². The maximum Gasteiger partial charge on any atom is 0.136 e. The number of nitrogens with zero attached hydrogens (tertiary/aromatic N) is 1. The molecule has 0 amide bonds. The van der Waals surface area contributed by atoms with Gasteiger partial charge in [-0.15, -0.1) is 4.72 Å². The Balaban J connectivity index is 2.23. The number of aromatic nitrogens is 1. The maximum atomic E-state index is 12.3. The monoisotopic (exact) mass is 428 g/mol. The molecular weight excluding hydrogens is 408 g/mol. The Bertz CT molecular complexity index is 693. The lowest BCUT2D eigenvalue weighted by atomic mass is 10.2. The average molecular weight is 429 g/mol. The zero-order chi connectivity index (χ0) is 17.7. The van der Waals surface area contributed by atoms with E-state index in [-0.39, 0.29) is 11.4 Å². The van der Waals surface area contributed by atoms with Crippen molar-refractivity contribution in [3.63, 3.8) is 0 Å². The first-order valence-corrected chi connectivity index (χ1v) is 10.2. The Labute approximate surface area is 158 Å². The second-order valence-corrected chi connectivity index (χ2v) is 10.1. The van der Waals surface area contributed by atoms with Crippen molar-refractivity contribution in [2.24, 2.45) is 0 Å². The van der Waals surface area contributed by atoms with Gasteiger partial charge in [0.05, 0.1) is 13.2 Å². The van der Waals surface area contributed by atoms with Gasteiger partial charge < -0.3 is 9.66 Å². The van der Waals surface area contributed by atoms with Crippen LogP contribution in [0.15, 0.2) is 50.9 Å². The maximum absolute atomic E-state index is 12.3. The lowest BCUT2D eigenvalue weighted by Crippen LogP contribution is -2.39. The molecule has 1 aromatic heterocycles. The smallest absolute Gasteiger partial charge is 0.136 e. The third-order valence-electron chi connectivity index (χ3n) is 3.24. The van der Waals surface area contributed by atoms with E-state index < -0.39 is 11.4 Å². The highest BCUT2D eigenvalue weighted by atomic mass is 79.9. The highest BCUT2D eigenvalue weighted by molar-refractivity contribution is 9.10. The number of halogens is 1. The van der Waals surface area contributed by atoms with Crippen molar-refractivity contribution in [2.45, 2.75) is 48.6 Å². The van der Waals surface area contributed by atoms with Crippen LogP contribution >= 0.6 is 27.7 Å². The van der Waals surface area contributed by atoms with Crippen molar-refractivity contribution in [1.29, 1.82) is 0 Å². The molecule has 7 heteroatoms. The molecule has 1 aromatic carbocycles. The van der Waals surface area contributed by atoms with Crippen molar-refractivity contribution in [1.82, 2.24) is 9.71 Å². The quantitative estimate of drug-likeness (QED) is 0.679. The summed E-state index contributed by atoms with van der Waals surface area (Å²) < 4.78 is 16.0. The summed E-state index contributed by atoms with van der Waals surface area (Å²) >= 11 is 3.93. The number of aliphatic hydroxyl groups excluding tert-OH is 1. The van der Waals surface area contributed by atoms with E-state index in [1.807, 2.05) is 51.1 Å². The van der Waals surface area contributed by atoms with E-state index in [9.17, 15) is 9.66 Å². The third kappa shape index (κ3) is 5.21. The first-order chi connectivity index (χ1) is 11.3. The van der Waals surface area contributed by atoms with Gasteiger partial charge >= 0.3 is 0 Å². The summed E-state index contributed by atoms with van der Waals surface area (Å²) in [6, 6.07) is 9.60. The number of aliphatic hydroxyl groups is 1. The van der Waals surface area contributed by atoms with Crippen LogP contribution in [-0.2, 0) is 24.5 Å². The second-order valence-electron chi connectivity index (χ2n) is 6.15. The van der Waals surface area contributed by atoms with Gasteiger partial charge in [-0.3, -0.25) is 0 Å². The Hall–Kier alpha value is -0.570. The predicted molar refractivity (Wildman–Crippen MR) is 103 cm³/mol. The fourth-order valence-electron chi connectivity index (χ4n) is 1.90. The number of benzene rings is 1. The minimum absolute atomic E-state index is 0.0498. The van der Waals surface area contributed by atoms with E-state index in [1.165, 1.54) is 11.8 Å². The molecule has 0 radical (unpaired) electrons. The third-order valence-corrected chi connectivity index (χ3v) is 6.66. The number of pyridine rings is 1. The van der Waals surface area contributed by atoms with Gasteiger partial charge in [-0.2, -0.15) is 0 Å². The topological polar surface area (TPSA) is 68.2 Å². The molecule has 0 fully saturated rings. The van der Waals surface area contributed by atoms with Crippen molar-refractivity contribution in [3.05, 3.63) is 52.1 Å². The highest BCUT2D eigenvalue weighted by Gasteiger charge is 2.26. The number of rotatable bonds is 6. The number of hydrogen-bond donors (Lipinski definition) is 2. The predicted octanol–water partition coefficient (Wildman–Crippen LogP) is 4.04. The molecule has 24 heavy (non-hydrogen) atoms. The lowest BCUT2D eigenvalue weighted by molar-refractivity contribution is 0.278. The molecular formula is C17H21BrN2O2S2. The lowest BCUT2D eigenvalue weighted by Gasteiger charge is -2.24. The highest BCUT2D eigenvalue weighted by Crippen LogP contribution is 2.34. The normalized spacial score (nSPS) is 13.1. The molecule has 0 spiro atoms. The van der Waals surface area contributed by atoms with E-state index in [0.29, 0.717) is 6.54 Å². The molecule has 0 bridgehead atoms. The van der Waals surface area contributed by atoms with Crippen molar-refractivity contribution in [3.8, 4) is 0 Å². The Morgan fingerprint density at radius 3 is 2.71 bits per heavy atom. The van der Waals surface area contributed by atoms with Crippen LogP contribution in [-0.4, -0.2) is 19.4 Å². The fraction of sp³-hybridized carbons (Fsp3) is 0.353. The summed E-state index contributed by atoms with van der Waals surface area (Å²) in [6.07, 6.45) is 1.71. The Morgan fingerprint density at radius 1 is 1.29 bits per heavy atom. The fourth-order valence-corrected chi connectivity index (χ4v) is 4.28. The largest absolute Gasteiger partial charge is 0.598 e. The average Bonchev–Trinajstić information content (AvgIpc) is 2.53. The van der Waals surface area contributed by atoms with Crippen molar-refractivity contribution in [2.75, 3.05) is 0 Å². The molecule has 1 atom stereocenters. The van der Waals surface area contributed by atoms with Crippen LogP contribution in [0.25, 0.3) is 0 Å². The van der Waals surface area contributed by atoms with E-state index >= 15 is 0 Å². The van der Waals surface area contributed by atoms with Crippen LogP contribution < -0.4 is 4.72 Å². The second kappa shape index (κ2) is 8.69. The number of hydrogen-bond acceptors (Lipinski definition) is 5. The summed E-state index contributed by atoms with van der Waals surface area (Å²) in [5, 5.41) is 10.2. The summed E-state index contributed by atoms with van der Waals surface area (Å²) in [6.45, 7) is 6.24. The molecule has 130 valence electrons. The Kier molecular flexibility index (Phi) is 7.15. The van der Waals surface area contributed by atoms with Gasteiger partial charge in [-0.25, -0.2) is 4.98 Å². The minimum Gasteiger partial charge on any atom is -0.598 e. The van der Waals surface area contributed by atoms with Crippen LogP contribution in [0.2, 0.25) is 0 Å². The molecule has 2 N–H and O–H groups in total. The van der Waals surface area contributed by atoms with Crippen LogP contribution in [0.1, 0.15) is 31.9 Å². The summed E-state index contributed by atoms with van der Waals surface area (Å²) in [7, 11) is 0. The van der Waals surface area contributed by atoms with Crippen molar-refractivity contribution >= 4 is 39.1 Å². The van der Waals surface area contributed by atoms with Gasteiger partial charge in [-0.1, -0.05) is 39.8 Å². The van der Waals surface area contributed by atoms with Gasteiger partial charge in [0.2, 0.25) is 0 Å². The summed E-state index contributed by atoms with van der Waals surface area (Å²) in [4.78, 5) is 5.37. The molecule has 1 heterocycles. The summed E-state index contributed by atoms with van der Waals surface area (Å²) in [5.74, 6) is 0. The molecule has 1 unspecified atom stereocenters. The molecule has 2 aromatic rings. The molecule has 0 aliphatic carbocycles. The molecule has 2 rings (SSSR count). The van der Waals surface area contributed by atoms with E-state index in [4.69, 9.17) is 0 Å². The zero-order valence-corrected chi connectivity index (χ0v) is 17.1. The SMILES string of the molecule is CC(C)(C)[S+]([O-])NCc1c(Br)cccc1Sc1ncccc1CO. The Morgan fingerprint density at radius 2 is 2.04 bits per heavy atom. The first kappa shape index (κ1) is 19.8. The van der Waals surface area contributed by atoms with Gasteiger partial charge in [0.1, 0.15) is 9.77 Å². The molecule has 4 nitrogen and oxygen atoms in total. The zero-order valence-electron chi connectivity index (χ0n) is 13.9. The van der Waals surface area contributed by atoms with Crippen molar-refractivity contribution < 1.29 is 9.66 Å². The molecule has 0 aliphatic heterocycles. The van der Waals surface area contributed by atoms with Crippen LogP contribution in [0, 0.1) is 0 Å². The van der Waals surface area contributed by atoms with Gasteiger partial charge in [0, 0.05) is 32.5 Å². The minimum atomic E-state index is -1.14. The van der Waals surface area contributed by atoms with Crippen LogP contribution in [0.3, 0.4) is 0 Å². The van der Waals surface area contributed by atoms with Gasteiger partial charge in [0.15, 0.2) is 0 Å². The van der Waals surface area contributed by atoms with Crippen LogP contribution in [0.4, 0.5) is 0 Å². The van der Waals surface area contributed by atoms with E-state index in [2.05, 4.69) is 25.6 Å². The first-order valence-electron chi connectivity index (χ1n) is 7.48. The molecule has 0 saturated carbocycles. The molecule has 0 aliphatic rings. The number of nitrogens with one attached hydrogen (secondary N) is 1. The standard InChI is InChI=1S/C17H21BrN2O2S2/c1-17(2,3)24(22)20-10-13-14(18)7-4-8-15(13)23-16-12(11-21)6-5-9-19-16/h4-9,20-21H,10-11H2,1-3H3. The molecule has 0 saturated heterocycles. The van der Waals surface area contributed by atoms with E-state index in [0.717, 1.165) is 25.5 Å². The van der Waals surface area contributed by atoms with Gasteiger partial charge in [0.25, 0.3) is 0 Å². The van der Waals surface area contributed by atoms with Crippen LogP contribution in [0.5, 0.6) is 0 Å². The van der Waals surface area contributed by atoms with E-state index in [1.54, 1.807) is 6.20 Å². The summed E-state index contributed by atoms with van der Waals surface area (Å²) in [5.41, 5.74) is 1.81.